The first-order valence-electron chi connectivity index (χ1n) is 4.64. The van der Waals surface area contributed by atoms with E-state index in [1.54, 1.807) is 0 Å². The van der Waals surface area contributed by atoms with Crippen molar-refractivity contribution in [1.29, 1.82) is 0 Å². The molecule has 0 N–H and O–H groups in total. The van der Waals surface area contributed by atoms with Gasteiger partial charge in [0.1, 0.15) is 0 Å². The monoisotopic (exact) mass is 263 g/mol. The fraction of sp³-hybridized carbons (Fsp3) is 0.0833. The van der Waals surface area contributed by atoms with Gasteiger partial charge >= 0.3 is 0 Å². The fourth-order valence-electron chi connectivity index (χ4n) is 1.40. The number of nitrogens with zero attached hydrogens (tertiary/aromatic N) is 1. The Kier molecular flexibility index (Phi) is 3.02. The first kappa shape index (κ1) is 10.2. The van der Waals surface area contributed by atoms with Crippen LogP contribution in [0.25, 0.3) is 5.69 Å². The van der Waals surface area contributed by atoms with Crippen LogP contribution in [0.3, 0.4) is 0 Å². The van der Waals surface area contributed by atoms with Crippen LogP contribution in [0.4, 0.5) is 0 Å². The predicted molar refractivity (Wildman–Crippen MR) is 63.9 cm³/mol. The van der Waals surface area contributed by atoms with Gasteiger partial charge in [-0.05, 0) is 36.4 Å². The van der Waals surface area contributed by atoms with E-state index in [-0.39, 0.29) is 5.78 Å². The zero-order valence-electron chi connectivity index (χ0n) is 8.06. The van der Waals surface area contributed by atoms with Crippen molar-refractivity contribution in [1.82, 2.24) is 4.57 Å². The third kappa shape index (κ3) is 2.18. The highest BCUT2D eigenvalue weighted by molar-refractivity contribution is 9.09. The molecule has 2 rings (SSSR count). The largest absolute Gasteiger partial charge is 0.324 e. The van der Waals surface area contributed by atoms with Gasteiger partial charge in [0.25, 0.3) is 0 Å². The minimum absolute atomic E-state index is 0.106. The maximum Gasteiger partial charge on any atom is 0.173 e. The Balaban J connectivity index is 2.29. The Morgan fingerprint density at radius 3 is 2.27 bits per heavy atom. The van der Waals surface area contributed by atoms with Crippen molar-refractivity contribution >= 4 is 21.7 Å². The molecule has 1 heterocycles. The molecule has 2 aromatic rings. The average molecular weight is 264 g/mol. The van der Waals surface area contributed by atoms with Crippen LogP contribution in [0.5, 0.6) is 0 Å². The molecule has 2 nitrogen and oxygen atoms in total. The van der Waals surface area contributed by atoms with Gasteiger partial charge in [0.05, 0.1) is 5.33 Å². The lowest BCUT2D eigenvalue weighted by atomic mass is 10.1. The molecule has 0 aliphatic carbocycles. The molecule has 0 aliphatic rings. The molecule has 0 aliphatic heterocycles. The number of carbonyl (C=O) groups is 1. The summed E-state index contributed by atoms with van der Waals surface area (Å²) in [7, 11) is 0. The van der Waals surface area contributed by atoms with Crippen LogP contribution in [-0.4, -0.2) is 15.7 Å². The van der Waals surface area contributed by atoms with Crippen LogP contribution in [0, 0.1) is 0 Å². The number of alkyl halides is 1. The second-order valence-corrected chi connectivity index (χ2v) is 3.75. The Hall–Kier alpha value is -1.35. The molecule has 0 bridgehead atoms. The average Bonchev–Trinajstić information content (AvgIpc) is 2.82. The number of ketones is 1. The van der Waals surface area contributed by atoms with Crippen molar-refractivity contribution in [2.24, 2.45) is 0 Å². The van der Waals surface area contributed by atoms with Crippen LogP contribution in [0.15, 0.2) is 48.8 Å². The second-order valence-electron chi connectivity index (χ2n) is 3.19. The normalized spacial score (nSPS) is 10.2. The van der Waals surface area contributed by atoms with Gasteiger partial charge in [0.2, 0.25) is 0 Å². The van der Waals surface area contributed by atoms with Crippen molar-refractivity contribution in [2.45, 2.75) is 0 Å². The molecule has 0 spiro atoms. The molecule has 0 unspecified atom stereocenters. The molecule has 0 radical (unpaired) electrons. The smallest absolute Gasteiger partial charge is 0.173 e. The van der Waals surface area contributed by atoms with Gasteiger partial charge in [-0.1, -0.05) is 15.9 Å². The van der Waals surface area contributed by atoms with Crippen LogP contribution >= 0.6 is 15.9 Å². The second kappa shape index (κ2) is 4.45. The summed E-state index contributed by atoms with van der Waals surface area (Å²) in [5.74, 6) is 0.106. The quantitative estimate of drug-likeness (QED) is 0.617. The number of hydrogen-bond acceptors (Lipinski definition) is 1. The van der Waals surface area contributed by atoms with Crippen LogP contribution in [-0.2, 0) is 0 Å². The Morgan fingerprint density at radius 1 is 1.13 bits per heavy atom. The molecule has 1 aromatic carbocycles. The summed E-state index contributed by atoms with van der Waals surface area (Å²) >= 11 is 3.15. The number of Topliss-reactive ketones (excluding diaryl/α,β-unsaturated/α-hetero) is 1. The van der Waals surface area contributed by atoms with Gasteiger partial charge in [0, 0.05) is 23.6 Å². The van der Waals surface area contributed by atoms with Crippen LogP contribution in [0.1, 0.15) is 10.4 Å². The van der Waals surface area contributed by atoms with E-state index in [1.807, 2.05) is 53.4 Å². The minimum Gasteiger partial charge on any atom is -0.324 e. The van der Waals surface area contributed by atoms with Crippen molar-refractivity contribution in [3.63, 3.8) is 0 Å². The van der Waals surface area contributed by atoms with Crippen LogP contribution in [0.2, 0.25) is 0 Å². The zero-order chi connectivity index (χ0) is 10.7. The lowest BCUT2D eigenvalue weighted by Crippen LogP contribution is -2.00. The standard InChI is InChI=1S/C12H10BrNO/c13-9-12(15)10-3-5-11(6-4-10)14-7-1-2-8-14/h1-8H,9H2. The van der Waals surface area contributed by atoms with E-state index < -0.39 is 0 Å². The minimum atomic E-state index is 0.106. The highest BCUT2D eigenvalue weighted by Crippen LogP contribution is 2.11. The first-order chi connectivity index (χ1) is 7.31. The van der Waals surface area contributed by atoms with Crippen molar-refractivity contribution in [3.05, 3.63) is 54.4 Å². The Morgan fingerprint density at radius 2 is 1.73 bits per heavy atom. The zero-order valence-corrected chi connectivity index (χ0v) is 9.65. The highest BCUT2D eigenvalue weighted by atomic mass is 79.9. The van der Waals surface area contributed by atoms with E-state index in [2.05, 4.69) is 15.9 Å². The maximum atomic E-state index is 11.4. The summed E-state index contributed by atoms with van der Waals surface area (Å²) < 4.78 is 2.00. The van der Waals surface area contributed by atoms with E-state index in [1.165, 1.54) is 0 Å². The lowest BCUT2D eigenvalue weighted by Gasteiger charge is -2.03. The van der Waals surface area contributed by atoms with Crippen LogP contribution < -0.4 is 0 Å². The number of halogens is 1. The van der Waals surface area contributed by atoms with Gasteiger partial charge in [-0.2, -0.15) is 0 Å². The van der Waals surface area contributed by atoms with E-state index in [4.69, 9.17) is 0 Å². The molecule has 0 fully saturated rings. The van der Waals surface area contributed by atoms with Gasteiger partial charge in [-0.25, -0.2) is 0 Å². The topological polar surface area (TPSA) is 22.0 Å². The third-order valence-corrected chi connectivity index (χ3v) is 2.72. The Bertz CT molecular complexity index is 445. The number of hydrogen-bond donors (Lipinski definition) is 0. The van der Waals surface area contributed by atoms with Gasteiger partial charge in [-0.3, -0.25) is 4.79 Å². The summed E-state index contributed by atoms with van der Waals surface area (Å²) in [6.45, 7) is 0. The highest BCUT2D eigenvalue weighted by Gasteiger charge is 2.03. The van der Waals surface area contributed by atoms with E-state index in [0.717, 1.165) is 11.3 Å². The number of carbonyl (C=O) groups excluding carboxylic acids is 1. The number of benzene rings is 1. The molecule has 0 saturated carbocycles. The molecular formula is C12H10BrNO. The predicted octanol–water partition coefficient (Wildman–Crippen LogP) is 3.05. The van der Waals surface area contributed by atoms with Gasteiger partial charge < -0.3 is 4.57 Å². The first-order valence-corrected chi connectivity index (χ1v) is 5.76. The summed E-state index contributed by atoms with van der Waals surface area (Å²) in [6, 6.07) is 11.5. The SMILES string of the molecule is O=C(CBr)c1ccc(-n2cccc2)cc1. The molecule has 15 heavy (non-hydrogen) atoms. The molecule has 76 valence electrons. The van der Waals surface area contributed by atoms with E-state index >= 15 is 0 Å². The molecule has 0 amide bonds. The molecule has 0 atom stereocenters. The van der Waals surface area contributed by atoms with Crippen molar-refractivity contribution in [2.75, 3.05) is 5.33 Å². The van der Waals surface area contributed by atoms with E-state index in [9.17, 15) is 4.79 Å². The molecular weight excluding hydrogens is 254 g/mol. The lowest BCUT2D eigenvalue weighted by molar-refractivity contribution is 0.102. The summed E-state index contributed by atoms with van der Waals surface area (Å²) in [5.41, 5.74) is 1.80. The molecule has 1 aromatic heterocycles. The number of rotatable bonds is 3. The van der Waals surface area contributed by atoms with Crippen molar-refractivity contribution in [3.8, 4) is 5.69 Å². The summed E-state index contributed by atoms with van der Waals surface area (Å²) in [4.78, 5) is 11.4. The Labute approximate surface area is 96.7 Å². The summed E-state index contributed by atoms with van der Waals surface area (Å²) in [6.07, 6.45) is 3.95. The fourth-order valence-corrected chi connectivity index (χ4v) is 1.73. The van der Waals surface area contributed by atoms with Crippen molar-refractivity contribution < 1.29 is 4.79 Å². The van der Waals surface area contributed by atoms with E-state index in [0.29, 0.717) is 5.33 Å². The van der Waals surface area contributed by atoms with Gasteiger partial charge in [0.15, 0.2) is 5.78 Å². The maximum absolute atomic E-state index is 11.4. The number of aromatic nitrogens is 1. The summed E-state index contributed by atoms with van der Waals surface area (Å²) in [5, 5.41) is 0.371. The molecule has 0 saturated heterocycles. The molecule has 3 heteroatoms. The van der Waals surface area contributed by atoms with Gasteiger partial charge in [-0.15, -0.1) is 0 Å². The third-order valence-electron chi connectivity index (χ3n) is 2.21.